The Kier molecular flexibility index (Phi) is 5.62. The molecule has 2 aliphatic rings. The van der Waals surface area contributed by atoms with E-state index in [9.17, 15) is 9.59 Å². The van der Waals surface area contributed by atoms with Gasteiger partial charge in [0.15, 0.2) is 0 Å². The third-order valence-corrected chi connectivity index (χ3v) is 5.88. The van der Waals surface area contributed by atoms with E-state index in [0.717, 1.165) is 36.5 Å². The first-order chi connectivity index (χ1) is 13.7. The molecule has 0 spiro atoms. The third-order valence-electron chi connectivity index (χ3n) is 5.88. The monoisotopic (exact) mass is 383 g/mol. The van der Waals surface area contributed by atoms with Crippen LogP contribution in [0.25, 0.3) is 11.0 Å². The van der Waals surface area contributed by atoms with E-state index >= 15 is 0 Å². The Hall–Kier alpha value is -2.41. The summed E-state index contributed by atoms with van der Waals surface area (Å²) in [5.41, 5.74) is 1.91. The van der Waals surface area contributed by atoms with Gasteiger partial charge in [0.25, 0.3) is 0 Å². The van der Waals surface area contributed by atoms with Crippen LogP contribution >= 0.6 is 0 Å². The minimum Gasteiger partial charge on any atom is -0.353 e. The Bertz CT molecular complexity index is 856. The molecule has 0 saturated carbocycles. The fourth-order valence-electron chi connectivity index (χ4n) is 4.39. The molecule has 2 fully saturated rings. The molecule has 4 rings (SSSR count). The molecule has 2 amide bonds. The van der Waals surface area contributed by atoms with Crippen LogP contribution in [0.15, 0.2) is 24.3 Å². The number of imidazole rings is 1. The quantitative estimate of drug-likeness (QED) is 0.854. The number of fused-ring (bicyclic) bond motifs is 1. The fourth-order valence-corrected chi connectivity index (χ4v) is 4.39. The lowest BCUT2D eigenvalue weighted by Gasteiger charge is -2.35. The maximum absolute atomic E-state index is 13.2. The number of nitrogens with zero attached hydrogens (tertiary/aromatic N) is 4. The molecule has 1 aromatic heterocycles. The van der Waals surface area contributed by atoms with Crippen LogP contribution in [0.3, 0.4) is 0 Å². The lowest BCUT2D eigenvalue weighted by Crippen LogP contribution is -2.57. The Morgan fingerprint density at radius 1 is 1.18 bits per heavy atom. The first-order valence-corrected chi connectivity index (χ1v) is 10.4. The van der Waals surface area contributed by atoms with Gasteiger partial charge in [0.05, 0.1) is 17.6 Å². The van der Waals surface area contributed by atoms with Crippen molar-refractivity contribution in [2.45, 2.75) is 51.7 Å². The summed E-state index contributed by atoms with van der Waals surface area (Å²) in [5.74, 6) is 0.877. The summed E-state index contributed by atoms with van der Waals surface area (Å²) in [5, 5.41) is 2.86. The number of carbonyl (C=O) groups excluding carboxylic acids is 2. The van der Waals surface area contributed by atoms with E-state index in [1.54, 1.807) is 4.90 Å². The number of likely N-dealkylation sites (tertiary alicyclic amines) is 1. The van der Waals surface area contributed by atoms with Crippen molar-refractivity contribution in [3.05, 3.63) is 30.1 Å². The van der Waals surface area contributed by atoms with Crippen molar-refractivity contribution in [2.24, 2.45) is 0 Å². The number of rotatable bonds is 5. The molecular formula is C21H29N5O2. The zero-order chi connectivity index (χ0) is 19.5. The second kappa shape index (κ2) is 8.31. The molecule has 7 heteroatoms. The number of carbonyl (C=O) groups is 2. The summed E-state index contributed by atoms with van der Waals surface area (Å²) in [7, 11) is 0. The molecule has 0 radical (unpaired) electrons. The van der Waals surface area contributed by atoms with E-state index < -0.39 is 0 Å². The average Bonchev–Trinajstić information content (AvgIpc) is 3.05. The average molecular weight is 383 g/mol. The Labute approximate surface area is 165 Å². The second-order valence-electron chi connectivity index (χ2n) is 7.74. The fraction of sp³-hybridized carbons (Fsp3) is 0.571. The van der Waals surface area contributed by atoms with E-state index in [0.29, 0.717) is 19.5 Å². The van der Waals surface area contributed by atoms with Gasteiger partial charge >= 0.3 is 0 Å². The van der Waals surface area contributed by atoms with Crippen LogP contribution < -0.4 is 5.32 Å². The Balaban J connectivity index is 1.60. The van der Waals surface area contributed by atoms with E-state index in [1.807, 2.05) is 35.8 Å². The predicted octanol–water partition coefficient (Wildman–Crippen LogP) is 1.76. The van der Waals surface area contributed by atoms with Crippen molar-refractivity contribution < 1.29 is 9.59 Å². The lowest BCUT2D eigenvalue weighted by molar-refractivity contribution is -0.143. The molecule has 2 saturated heterocycles. The topological polar surface area (TPSA) is 70.5 Å². The standard InChI is InChI=1S/C21H29N5O2/c1-2-17-21(28)22-10-13-25(17)20(27)15-26-18-9-5-4-8-16(18)23-19(26)14-24-11-6-3-7-12-24/h4-5,8-9,17H,2-3,6-7,10-15H2,1H3,(H,22,28)/t17-/m0/s1. The lowest BCUT2D eigenvalue weighted by atomic mass is 10.1. The SMILES string of the molecule is CC[C@H]1C(=O)NCCN1C(=O)Cn1c(CN2CCCCC2)nc2ccccc21. The van der Waals surface area contributed by atoms with Crippen LogP contribution in [0.5, 0.6) is 0 Å². The highest BCUT2D eigenvalue weighted by Gasteiger charge is 2.32. The van der Waals surface area contributed by atoms with Crippen LogP contribution in [-0.2, 0) is 22.7 Å². The summed E-state index contributed by atoms with van der Waals surface area (Å²) in [4.78, 5) is 34.3. The number of benzene rings is 1. The molecular weight excluding hydrogens is 354 g/mol. The van der Waals surface area contributed by atoms with Crippen molar-refractivity contribution >= 4 is 22.8 Å². The van der Waals surface area contributed by atoms with Crippen LogP contribution in [0, 0.1) is 0 Å². The van der Waals surface area contributed by atoms with Crippen LogP contribution in [0.2, 0.25) is 0 Å². The van der Waals surface area contributed by atoms with Gasteiger partial charge in [0.1, 0.15) is 18.4 Å². The first-order valence-electron chi connectivity index (χ1n) is 10.4. The molecule has 2 aliphatic heterocycles. The van der Waals surface area contributed by atoms with E-state index in [1.165, 1.54) is 19.3 Å². The molecule has 150 valence electrons. The maximum Gasteiger partial charge on any atom is 0.243 e. The predicted molar refractivity (Wildman–Crippen MR) is 108 cm³/mol. The number of piperidine rings is 1. The minimum atomic E-state index is -0.374. The number of hydrogen-bond donors (Lipinski definition) is 1. The number of amides is 2. The molecule has 7 nitrogen and oxygen atoms in total. The zero-order valence-electron chi connectivity index (χ0n) is 16.6. The number of para-hydroxylation sites is 2. The van der Waals surface area contributed by atoms with Gasteiger partial charge in [-0.25, -0.2) is 4.98 Å². The van der Waals surface area contributed by atoms with Crippen molar-refractivity contribution in [2.75, 3.05) is 26.2 Å². The summed E-state index contributed by atoms with van der Waals surface area (Å²) in [6.07, 6.45) is 4.37. The molecule has 28 heavy (non-hydrogen) atoms. The van der Waals surface area contributed by atoms with Crippen LogP contribution in [0.1, 0.15) is 38.4 Å². The molecule has 0 aliphatic carbocycles. The highest BCUT2D eigenvalue weighted by molar-refractivity contribution is 5.89. The maximum atomic E-state index is 13.2. The van der Waals surface area contributed by atoms with Crippen molar-refractivity contribution in [1.29, 1.82) is 0 Å². The van der Waals surface area contributed by atoms with Gasteiger partial charge in [0, 0.05) is 13.1 Å². The van der Waals surface area contributed by atoms with E-state index in [2.05, 4.69) is 10.2 Å². The number of aromatic nitrogens is 2. The van der Waals surface area contributed by atoms with Gasteiger partial charge in [-0.15, -0.1) is 0 Å². The minimum absolute atomic E-state index is 0.00949. The highest BCUT2D eigenvalue weighted by Crippen LogP contribution is 2.20. The first kappa shape index (κ1) is 18.9. The summed E-state index contributed by atoms with van der Waals surface area (Å²) >= 11 is 0. The molecule has 3 heterocycles. The highest BCUT2D eigenvalue weighted by atomic mass is 16.2. The Morgan fingerprint density at radius 3 is 2.75 bits per heavy atom. The van der Waals surface area contributed by atoms with Gasteiger partial charge in [-0.05, 0) is 44.5 Å². The molecule has 1 N–H and O–H groups in total. The van der Waals surface area contributed by atoms with Gasteiger partial charge in [-0.3, -0.25) is 14.5 Å². The molecule has 0 unspecified atom stereocenters. The van der Waals surface area contributed by atoms with Crippen molar-refractivity contribution in [3.8, 4) is 0 Å². The van der Waals surface area contributed by atoms with Crippen LogP contribution in [0.4, 0.5) is 0 Å². The molecule has 2 aromatic rings. The number of hydrogen-bond acceptors (Lipinski definition) is 4. The van der Waals surface area contributed by atoms with Gasteiger partial charge < -0.3 is 14.8 Å². The van der Waals surface area contributed by atoms with E-state index in [-0.39, 0.29) is 24.4 Å². The third kappa shape index (κ3) is 3.76. The molecule has 0 bridgehead atoms. The molecule has 1 atom stereocenters. The van der Waals surface area contributed by atoms with E-state index in [4.69, 9.17) is 4.98 Å². The van der Waals surface area contributed by atoms with Crippen molar-refractivity contribution in [3.63, 3.8) is 0 Å². The summed E-state index contributed by atoms with van der Waals surface area (Å²) in [6.45, 7) is 6.20. The second-order valence-corrected chi connectivity index (χ2v) is 7.74. The van der Waals surface area contributed by atoms with Gasteiger partial charge in [-0.2, -0.15) is 0 Å². The smallest absolute Gasteiger partial charge is 0.243 e. The van der Waals surface area contributed by atoms with Crippen molar-refractivity contribution in [1.82, 2.24) is 24.7 Å². The summed E-state index contributed by atoms with van der Waals surface area (Å²) in [6, 6.07) is 7.61. The normalized spacial score (nSPS) is 21.1. The largest absolute Gasteiger partial charge is 0.353 e. The Morgan fingerprint density at radius 2 is 1.96 bits per heavy atom. The number of nitrogens with one attached hydrogen (secondary N) is 1. The zero-order valence-corrected chi connectivity index (χ0v) is 16.6. The number of piperazine rings is 1. The van der Waals surface area contributed by atoms with Gasteiger partial charge in [-0.1, -0.05) is 25.5 Å². The van der Waals surface area contributed by atoms with Gasteiger partial charge in [0.2, 0.25) is 11.8 Å². The van der Waals surface area contributed by atoms with Crippen LogP contribution in [-0.4, -0.2) is 63.4 Å². The summed E-state index contributed by atoms with van der Waals surface area (Å²) < 4.78 is 2.05. The molecule has 1 aromatic carbocycles.